The molecule has 0 spiro atoms. The number of carbonyl (C=O) groups is 1. The molecule has 2 atom stereocenters. The van der Waals surface area contributed by atoms with E-state index in [2.05, 4.69) is 10.0 Å². The molecule has 1 aromatic rings. The molecule has 0 saturated heterocycles. The number of para-hydroxylation sites is 1. The van der Waals surface area contributed by atoms with Gasteiger partial charge in [0.1, 0.15) is 0 Å². The van der Waals surface area contributed by atoms with E-state index in [1.165, 1.54) is 6.42 Å². The van der Waals surface area contributed by atoms with E-state index >= 15 is 0 Å². The lowest BCUT2D eigenvalue weighted by Gasteiger charge is -2.45. The van der Waals surface area contributed by atoms with E-state index in [1.54, 1.807) is 24.3 Å². The monoisotopic (exact) mass is 379 g/mol. The molecule has 2 aliphatic rings. The number of fused-ring (bicyclic) bond motifs is 2. The van der Waals surface area contributed by atoms with E-state index < -0.39 is 10.0 Å². The molecular weight excluding hydrogens is 350 g/mol. The van der Waals surface area contributed by atoms with E-state index in [-0.39, 0.29) is 23.7 Å². The van der Waals surface area contributed by atoms with Gasteiger partial charge < -0.3 is 11.1 Å². The van der Waals surface area contributed by atoms with Crippen molar-refractivity contribution in [2.45, 2.75) is 57.5 Å². The fourth-order valence-corrected chi connectivity index (χ4v) is 5.66. The van der Waals surface area contributed by atoms with Crippen molar-refractivity contribution in [3.8, 4) is 0 Å². The van der Waals surface area contributed by atoms with Crippen LogP contribution in [0.3, 0.4) is 0 Å². The zero-order chi connectivity index (χ0) is 18.7. The van der Waals surface area contributed by atoms with E-state index in [0.717, 1.165) is 25.7 Å². The third-order valence-corrected chi connectivity index (χ3v) is 7.06. The predicted molar refractivity (Wildman–Crippen MR) is 103 cm³/mol. The first kappa shape index (κ1) is 19.2. The van der Waals surface area contributed by atoms with Crippen molar-refractivity contribution in [3.63, 3.8) is 0 Å². The number of rotatable bonds is 6. The molecule has 2 unspecified atom stereocenters. The van der Waals surface area contributed by atoms with Crippen molar-refractivity contribution < 1.29 is 13.2 Å². The van der Waals surface area contributed by atoms with Gasteiger partial charge in [-0.3, -0.25) is 9.52 Å². The summed E-state index contributed by atoms with van der Waals surface area (Å²) >= 11 is 0. The lowest BCUT2D eigenvalue weighted by atomic mass is 9.67. The van der Waals surface area contributed by atoms with Gasteiger partial charge in [0.05, 0.1) is 17.0 Å². The van der Waals surface area contributed by atoms with Gasteiger partial charge in [-0.15, -0.1) is 0 Å². The number of amides is 1. The summed E-state index contributed by atoms with van der Waals surface area (Å²) in [4.78, 5) is 12.9. The Morgan fingerprint density at radius 3 is 2.50 bits per heavy atom. The topological polar surface area (TPSA) is 101 Å². The van der Waals surface area contributed by atoms with E-state index in [1.807, 2.05) is 6.92 Å². The first-order valence-corrected chi connectivity index (χ1v) is 11.2. The van der Waals surface area contributed by atoms with Crippen molar-refractivity contribution in [3.05, 3.63) is 29.8 Å². The molecule has 2 bridgehead atoms. The van der Waals surface area contributed by atoms with Crippen molar-refractivity contribution in [2.75, 3.05) is 10.5 Å². The van der Waals surface area contributed by atoms with Crippen LogP contribution in [0.5, 0.6) is 0 Å². The normalized spacial score (nSPS) is 28.4. The van der Waals surface area contributed by atoms with Crippen molar-refractivity contribution in [2.24, 2.45) is 17.6 Å². The maximum Gasteiger partial charge on any atom is 0.253 e. The summed E-state index contributed by atoms with van der Waals surface area (Å²) in [6.07, 6.45) is 5.81. The number of carbonyl (C=O) groups excluding carboxylic acids is 1. The first-order chi connectivity index (χ1) is 12.4. The van der Waals surface area contributed by atoms with Gasteiger partial charge >= 0.3 is 0 Å². The highest BCUT2D eigenvalue weighted by Gasteiger charge is 2.40. The van der Waals surface area contributed by atoms with Crippen LogP contribution >= 0.6 is 0 Å². The minimum atomic E-state index is -3.44. The van der Waals surface area contributed by atoms with Gasteiger partial charge in [-0.05, 0) is 56.1 Å². The second-order valence-corrected chi connectivity index (χ2v) is 9.49. The number of nitrogens with two attached hydrogens (primary N) is 1. The van der Waals surface area contributed by atoms with E-state index in [4.69, 9.17) is 5.73 Å². The average Bonchev–Trinajstić information content (AvgIpc) is 2.55. The van der Waals surface area contributed by atoms with Crippen LogP contribution in [0.15, 0.2) is 24.3 Å². The van der Waals surface area contributed by atoms with Crippen LogP contribution in [-0.4, -0.2) is 32.2 Å². The summed E-state index contributed by atoms with van der Waals surface area (Å²) in [7, 11) is -3.44. The highest BCUT2D eigenvalue weighted by atomic mass is 32.2. The Hall–Kier alpha value is -1.60. The van der Waals surface area contributed by atoms with Gasteiger partial charge in [0.25, 0.3) is 5.91 Å². The Morgan fingerprint density at radius 1 is 1.19 bits per heavy atom. The standard InChI is InChI=1S/C19H29N3O3S/c1-2-10-26(24,25)22-17-9-4-3-8-16(17)19(23)21-18-13-6-5-7-14(18)12-15(20)11-13/h3-4,8-9,13-15,18,22H,2,5-7,10-12,20H2,1H3,(H,21,23). The summed E-state index contributed by atoms with van der Waals surface area (Å²) in [6, 6.07) is 7.16. The van der Waals surface area contributed by atoms with Crippen LogP contribution in [0.1, 0.15) is 55.8 Å². The summed E-state index contributed by atoms with van der Waals surface area (Å²) < 4.78 is 26.8. The molecule has 1 amide bonds. The third-order valence-electron chi connectivity index (χ3n) is 5.58. The summed E-state index contributed by atoms with van der Waals surface area (Å²) in [5.74, 6) is 0.668. The van der Waals surface area contributed by atoms with Gasteiger partial charge in [-0.2, -0.15) is 0 Å². The zero-order valence-corrected chi connectivity index (χ0v) is 16.1. The Morgan fingerprint density at radius 2 is 1.85 bits per heavy atom. The smallest absolute Gasteiger partial charge is 0.253 e. The first-order valence-electron chi connectivity index (χ1n) is 9.55. The van der Waals surface area contributed by atoms with Gasteiger partial charge in [0.2, 0.25) is 10.0 Å². The fraction of sp³-hybridized carbons (Fsp3) is 0.632. The van der Waals surface area contributed by atoms with Crippen LogP contribution in [0.2, 0.25) is 0 Å². The Balaban J connectivity index is 1.76. The van der Waals surface area contributed by atoms with Crippen LogP contribution in [0.25, 0.3) is 0 Å². The van der Waals surface area contributed by atoms with Crippen molar-refractivity contribution in [1.29, 1.82) is 0 Å². The number of benzene rings is 1. The maximum absolute atomic E-state index is 12.9. The molecule has 2 fully saturated rings. The molecule has 144 valence electrons. The number of hydrogen-bond donors (Lipinski definition) is 3. The van der Waals surface area contributed by atoms with E-state index in [0.29, 0.717) is 29.5 Å². The zero-order valence-electron chi connectivity index (χ0n) is 15.3. The predicted octanol–water partition coefficient (Wildman–Crippen LogP) is 2.47. The molecular formula is C19H29N3O3S. The van der Waals surface area contributed by atoms with Gasteiger partial charge in [0, 0.05) is 12.1 Å². The van der Waals surface area contributed by atoms with E-state index in [9.17, 15) is 13.2 Å². The van der Waals surface area contributed by atoms with Gasteiger partial charge in [-0.25, -0.2) is 8.42 Å². The lowest BCUT2D eigenvalue weighted by molar-refractivity contribution is 0.0757. The second-order valence-electron chi connectivity index (χ2n) is 7.65. The van der Waals surface area contributed by atoms with Gasteiger partial charge in [-0.1, -0.05) is 25.5 Å². The molecule has 0 radical (unpaired) electrons. The lowest BCUT2D eigenvalue weighted by Crippen LogP contribution is -2.53. The molecule has 6 nitrogen and oxygen atoms in total. The Kier molecular flexibility index (Phi) is 5.87. The minimum Gasteiger partial charge on any atom is -0.349 e. The highest BCUT2D eigenvalue weighted by molar-refractivity contribution is 7.92. The molecule has 0 heterocycles. The molecule has 7 heteroatoms. The van der Waals surface area contributed by atoms with Crippen LogP contribution in [-0.2, 0) is 10.0 Å². The molecule has 0 aliphatic heterocycles. The molecule has 3 rings (SSSR count). The maximum atomic E-state index is 12.9. The minimum absolute atomic E-state index is 0.0353. The Labute approximate surface area is 156 Å². The van der Waals surface area contributed by atoms with Gasteiger partial charge in [0.15, 0.2) is 0 Å². The molecule has 2 saturated carbocycles. The SMILES string of the molecule is CCCS(=O)(=O)Nc1ccccc1C(=O)NC1C2CCCC1CC(N)C2. The van der Waals surface area contributed by atoms with Crippen molar-refractivity contribution in [1.82, 2.24) is 5.32 Å². The molecule has 26 heavy (non-hydrogen) atoms. The summed E-state index contributed by atoms with van der Waals surface area (Å²) in [5.41, 5.74) is 6.88. The molecule has 2 aliphatic carbocycles. The van der Waals surface area contributed by atoms with Crippen LogP contribution < -0.4 is 15.8 Å². The number of anilines is 1. The number of nitrogens with one attached hydrogen (secondary N) is 2. The summed E-state index contributed by atoms with van der Waals surface area (Å²) in [5, 5.41) is 3.19. The Bertz CT molecular complexity index is 736. The largest absolute Gasteiger partial charge is 0.349 e. The number of hydrogen-bond acceptors (Lipinski definition) is 4. The van der Waals surface area contributed by atoms with Crippen LogP contribution in [0.4, 0.5) is 5.69 Å². The highest BCUT2D eigenvalue weighted by Crippen LogP contribution is 2.39. The van der Waals surface area contributed by atoms with Crippen LogP contribution in [0, 0.1) is 11.8 Å². The number of sulfonamides is 1. The second kappa shape index (κ2) is 7.96. The third kappa shape index (κ3) is 4.38. The summed E-state index contributed by atoms with van der Waals surface area (Å²) in [6.45, 7) is 1.81. The average molecular weight is 380 g/mol. The molecule has 4 N–H and O–H groups in total. The fourth-order valence-electron chi connectivity index (χ4n) is 4.51. The van der Waals surface area contributed by atoms with Crippen molar-refractivity contribution >= 4 is 21.6 Å². The quantitative estimate of drug-likeness (QED) is 0.707. The molecule has 0 aromatic heterocycles. The molecule has 1 aromatic carbocycles.